The van der Waals surface area contributed by atoms with Crippen LogP contribution in [0.25, 0.3) is 10.8 Å². The molecule has 0 heterocycles. The van der Waals surface area contributed by atoms with Crippen LogP contribution in [0.5, 0.6) is 5.75 Å². The van der Waals surface area contributed by atoms with Crippen LogP contribution in [-0.2, 0) is 0 Å². The summed E-state index contributed by atoms with van der Waals surface area (Å²) < 4.78 is 0. The minimum Gasteiger partial charge on any atom is -0.507 e. The van der Waals surface area contributed by atoms with E-state index >= 15 is 0 Å². The highest BCUT2D eigenvalue weighted by Crippen LogP contribution is 2.32. The average Bonchev–Trinajstić information content (AvgIpc) is 2.33. The third-order valence-electron chi connectivity index (χ3n) is 3.20. The number of rotatable bonds is 3. The standard InChI is InChI=1S/C15H19NO/c1-4-7-16-13-5-6-14-12(9-13)8-10(2)11(3)15(14)17/h5-6,8-9,16-17H,4,7H2,1-3H3. The Labute approximate surface area is 102 Å². The molecule has 0 bridgehead atoms. The van der Waals surface area contributed by atoms with Gasteiger partial charge in [0, 0.05) is 17.6 Å². The third-order valence-corrected chi connectivity index (χ3v) is 3.20. The molecule has 2 aromatic carbocycles. The number of anilines is 1. The van der Waals surface area contributed by atoms with Crippen LogP contribution < -0.4 is 5.32 Å². The number of aromatic hydroxyl groups is 1. The fraction of sp³-hybridized carbons (Fsp3) is 0.333. The first kappa shape index (κ1) is 11.8. The first-order valence-electron chi connectivity index (χ1n) is 6.10. The van der Waals surface area contributed by atoms with Crippen LogP contribution in [0.3, 0.4) is 0 Å². The maximum atomic E-state index is 10.1. The lowest BCUT2D eigenvalue weighted by molar-refractivity contribution is 0.477. The molecule has 17 heavy (non-hydrogen) atoms. The monoisotopic (exact) mass is 229 g/mol. The van der Waals surface area contributed by atoms with E-state index in [1.54, 1.807) is 0 Å². The van der Waals surface area contributed by atoms with Crippen molar-refractivity contribution in [1.82, 2.24) is 0 Å². The van der Waals surface area contributed by atoms with Crippen molar-refractivity contribution in [3.05, 3.63) is 35.4 Å². The second-order valence-electron chi connectivity index (χ2n) is 4.53. The summed E-state index contributed by atoms with van der Waals surface area (Å²) in [6.45, 7) is 7.10. The molecule has 2 nitrogen and oxygen atoms in total. The van der Waals surface area contributed by atoms with Gasteiger partial charge in [-0.25, -0.2) is 0 Å². The lowest BCUT2D eigenvalue weighted by atomic mass is 10.0. The number of hydrogen-bond donors (Lipinski definition) is 2. The summed E-state index contributed by atoms with van der Waals surface area (Å²) in [4.78, 5) is 0. The van der Waals surface area contributed by atoms with Crippen molar-refractivity contribution in [2.75, 3.05) is 11.9 Å². The predicted octanol–water partition coefficient (Wildman–Crippen LogP) is 3.98. The molecule has 0 aliphatic carbocycles. The molecule has 0 fully saturated rings. The van der Waals surface area contributed by atoms with Crippen LogP contribution in [0.1, 0.15) is 24.5 Å². The van der Waals surface area contributed by atoms with E-state index in [0.29, 0.717) is 5.75 Å². The summed E-state index contributed by atoms with van der Waals surface area (Å²) >= 11 is 0. The maximum Gasteiger partial charge on any atom is 0.126 e. The fourth-order valence-electron chi connectivity index (χ4n) is 2.01. The Morgan fingerprint density at radius 1 is 1.18 bits per heavy atom. The zero-order valence-corrected chi connectivity index (χ0v) is 10.7. The fourth-order valence-corrected chi connectivity index (χ4v) is 2.01. The largest absolute Gasteiger partial charge is 0.507 e. The van der Waals surface area contributed by atoms with Gasteiger partial charge in [0.2, 0.25) is 0 Å². The SMILES string of the molecule is CCCNc1ccc2c(O)c(C)c(C)cc2c1. The highest BCUT2D eigenvalue weighted by Gasteiger charge is 2.06. The summed E-state index contributed by atoms with van der Waals surface area (Å²) in [5.74, 6) is 0.405. The molecule has 2 rings (SSSR count). The van der Waals surface area contributed by atoms with E-state index in [9.17, 15) is 5.11 Å². The summed E-state index contributed by atoms with van der Waals surface area (Å²) in [5.41, 5.74) is 3.21. The van der Waals surface area contributed by atoms with Gasteiger partial charge in [-0.3, -0.25) is 0 Å². The number of phenols is 1. The van der Waals surface area contributed by atoms with E-state index in [1.807, 2.05) is 26.0 Å². The van der Waals surface area contributed by atoms with Gasteiger partial charge in [0.1, 0.15) is 5.75 Å². The van der Waals surface area contributed by atoms with Crippen LogP contribution >= 0.6 is 0 Å². The van der Waals surface area contributed by atoms with Crippen molar-refractivity contribution in [2.24, 2.45) is 0 Å². The lowest BCUT2D eigenvalue weighted by Gasteiger charge is -2.10. The minimum atomic E-state index is 0.405. The van der Waals surface area contributed by atoms with Crippen molar-refractivity contribution >= 4 is 16.5 Å². The first-order valence-corrected chi connectivity index (χ1v) is 6.10. The molecule has 0 radical (unpaired) electrons. The Kier molecular flexibility index (Phi) is 3.23. The molecular weight excluding hydrogens is 210 g/mol. The van der Waals surface area contributed by atoms with Crippen LogP contribution in [0.15, 0.2) is 24.3 Å². The van der Waals surface area contributed by atoms with Crippen molar-refractivity contribution in [3.63, 3.8) is 0 Å². The van der Waals surface area contributed by atoms with Crippen molar-refractivity contribution in [2.45, 2.75) is 27.2 Å². The van der Waals surface area contributed by atoms with Gasteiger partial charge in [-0.05, 0) is 55.0 Å². The summed E-state index contributed by atoms with van der Waals surface area (Å²) in [7, 11) is 0. The van der Waals surface area contributed by atoms with Gasteiger partial charge in [-0.2, -0.15) is 0 Å². The second kappa shape index (κ2) is 4.66. The number of hydrogen-bond acceptors (Lipinski definition) is 2. The molecular formula is C15H19NO. The minimum absolute atomic E-state index is 0.405. The van der Waals surface area contributed by atoms with Crippen LogP contribution in [0.2, 0.25) is 0 Å². The van der Waals surface area contributed by atoms with E-state index in [4.69, 9.17) is 0 Å². The normalized spacial score (nSPS) is 10.8. The lowest BCUT2D eigenvalue weighted by Crippen LogP contribution is -1.99. The van der Waals surface area contributed by atoms with Crippen LogP contribution in [0.4, 0.5) is 5.69 Å². The zero-order valence-electron chi connectivity index (χ0n) is 10.7. The topological polar surface area (TPSA) is 32.3 Å². The smallest absolute Gasteiger partial charge is 0.126 e. The molecule has 2 heteroatoms. The van der Waals surface area contributed by atoms with Gasteiger partial charge in [-0.1, -0.05) is 13.0 Å². The quantitative estimate of drug-likeness (QED) is 0.834. The Balaban J connectivity index is 2.51. The molecule has 0 aliphatic heterocycles. The van der Waals surface area contributed by atoms with Gasteiger partial charge in [-0.15, -0.1) is 0 Å². The predicted molar refractivity (Wildman–Crippen MR) is 73.9 cm³/mol. The molecule has 90 valence electrons. The van der Waals surface area contributed by atoms with Crippen LogP contribution in [0, 0.1) is 13.8 Å². The third kappa shape index (κ3) is 2.21. The molecule has 0 saturated carbocycles. The van der Waals surface area contributed by atoms with E-state index < -0.39 is 0 Å². The zero-order chi connectivity index (χ0) is 12.4. The Morgan fingerprint density at radius 3 is 2.65 bits per heavy atom. The van der Waals surface area contributed by atoms with E-state index in [0.717, 1.165) is 40.6 Å². The number of nitrogens with one attached hydrogen (secondary N) is 1. The molecule has 0 unspecified atom stereocenters. The van der Waals surface area contributed by atoms with Gasteiger partial charge >= 0.3 is 0 Å². The molecule has 0 saturated heterocycles. The molecule has 0 aliphatic rings. The molecule has 0 spiro atoms. The maximum absolute atomic E-state index is 10.1. The Morgan fingerprint density at radius 2 is 1.94 bits per heavy atom. The van der Waals surface area contributed by atoms with Crippen molar-refractivity contribution in [3.8, 4) is 5.75 Å². The molecule has 0 atom stereocenters. The average molecular weight is 229 g/mol. The molecule has 2 N–H and O–H groups in total. The summed E-state index contributed by atoms with van der Waals surface area (Å²) in [6, 6.07) is 8.22. The number of aryl methyl sites for hydroxylation is 1. The Bertz CT molecular complexity index is 546. The van der Waals surface area contributed by atoms with Gasteiger partial charge in [0.15, 0.2) is 0 Å². The van der Waals surface area contributed by atoms with E-state index in [-0.39, 0.29) is 0 Å². The molecule has 2 aromatic rings. The highest BCUT2D eigenvalue weighted by atomic mass is 16.3. The van der Waals surface area contributed by atoms with Crippen molar-refractivity contribution < 1.29 is 5.11 Å². The van der Waals surface area contributed by atoms with Gasteiger partial charge < -0.3 is 10.4 Å². The number of fused-ring (bicyclic) bond motifs is 1. The molecule has 0 amide bonds. The van der Waals surface area contributed by atoms with E-state index in [1.165, 1.54) is 0 Å². The molecule has 0 aromatic heterocycles. The van der Waals surface area contributed by atoms with Crippen molar-refractivity contribution in [1.29, 1.82) is 0 Å². The summed E-state index contributed by atoms with van der Waals surface area (Å²) in [6.07, 6.45) is 1.11. The Hall–Kier alpha value is -1.70. The number of phenolic OH excluding ortho intramolecular Hbond substituents is 1. The number of benzene rings is 2. The van der Waals surface area contributed by atoms with Crippen LogP contribution in [-0.4, -0.2) is 11.7 Å². The second-order valence-corrected chi connectivity index (χ2v) is 4.53. The van der Waals surface area contributed by atoms with Gasteiger partial charge in [0.25, 0.3) is 0 Å². The van der Waals surface area contributed by atoms with Gasteiger partial charge in [0.05, 0.1) is 0 Å². The summed E-state index contributed by atoms with van der Waals surface area (Å²) in [5, 5.41) is 15.5. The highest BCUT2D eigenvalue weighted by molar-refractivity contribution is 5.92. The first-order chi connectivity index (χ1) is 8.13. The van der Waals surface area contributed by atoms with E-state index in [2.05, 4.69) is 24.4 Å².